The van der Waals surface area contributed by atoms with E-state index < -0.39 is 0 Å². The molecule has 0 aromatic carbocycles. The number of aromatic nitrogens is 2. The normalized spacial score (nSPS) is 24.5. The van der Waals surface area contributed by atoms with Gasteiger partial charge >= 0.3 is 0 Å². The smallest absolute Gasteiger partial charge is 0.137 e. The standard InChI is InChI=1S/C16H23N3/c1-13-7-3-2-4-8-15(13)17-11-14-12-19-10-6-5-9-16(19)18-14/h5-6,9-10,12-13,15,17H,2-4,7-8,11H2,1H3. The van der Waals surface area contributed by atoms with Gasteiger partial charge in [0.1, 0.15) is 5.65 Å². The van der Waals surface area contributed by atoms with E-state index in [2.05, 4.69) is 40.1 Å². The number of rotatable bonds is 3. The van der Waals surface area contributed by atoms with Crippen molar-refractivity contribution < 1.29 is 0 Å². The average Bonchev–Trinajstić information content (AvgIpc) is 2.73. The molecule has 2 atom stereocenters. The molecule has 102 valence electrons. The molecule has 0 bridgehead atoms. The lowest BCUT2D eigenvalue weighted by Crippen LogP contribution is -2.33. The average molecular weight is 257 g/mol. The molecule has 3 nitrogen and oxygen atoms in total. The molecular formula is C16H23N3. The first-order chi connectivity index (χ1) is 9.33. The van der Waals surface area contributed by atoms with Gasteiger partial charge in [0.2, 0.25) is 0 Å². The van der Waals surface area contributed by atoms with E-state index in [1.54, 1.807) is 0 Å². The van der Waals surface area contributed by atoms with Crippen molar-refractivity contribution in [2.24, 2.45) is 5.92 Å². The Kier molecular flexibility index (Phi) is 3.83. The third-order valence-electron chi connectivity index (χ3n) is 4.32. The molecule has 2 heterocycles. The first-order valence-electron chi connectivity index (χ1n) is 7.49. The van der Waals surface area contributed by atoms with Crippen LogP contribution in [0.1, 0.15) is 44.7 Å². The van der Waals surface area contributed by atoms with Crippen LogP contribution in [-0.4, -0.2) is 15.4 Å². The van der Waals surface area contributed by atoms with E-state index in [1.807, 2.05) is 12.1 Å². The number of pyridine rings is 1. The van der Waals surface area contributed by atoms with Crippen molar-refractivity contribution in [1.82, 2.24) is 14.7 Å². The fourth-order valence-electron chi connectivity index (χ4n) is 3.10. The Balaban J connectivity index is 1.64. The van der Waals surface area contributed by atoms with Crippen LogP contribution in [0.2, 0.25) is 0 Å². The molecule has 19 heavy (non-hydrogen) atoms. The number of hydrogen-bond acceptors (Lipinski definition) is 2. The van der Waals surface area contributed by atoms with Crippen LogP contribution in [0, 0.1) is 5.92 Å². The zero-order valence-corrected chi connectivity index (χ0v) is 11.7. The molecule has 2 aromatic heterocycles. The Morgan fingerprint density at radius 2 is 2.16 bits per heavy atom. The molecule has 0 aliphatic heterocycles. The molecule has 2 unspecified atom stereocenters. The summed E-state index contributed by atoms with van der Waals surface area (Å²) in [4.78, 5) is 4.65. The summed E-state index contributed by atoms with van der Waals surface area (Å²) in [6, 6.07) is 6.79. The van der Waals surface area contributed by atoms with Crippen molar-refractivity contribution in [1.29, 1.82) is 0 Å². The predicted octanol–water partition coefficient (Wildman–Crippen LogP) is 3.39. The summed E-state index contributed by atoms with van der Waals surface area (Å²) in [6.07, 6.45) is 11.0. The van der Waals surface area contributed by atoms with E-state index in [9.17, 15) is 0 Å². The van der Waals surface area contributed by atoms with Gasteiger partial charge in [-0.25, -0.2) is 4.98 Å². The van der Waals surface area contributed by atoms with Gasteiger partial charge in [0.25, 0.3) is 0 Å². The Labute approximate surface area is 115 Å². The summed E-state index contributed by atoms with van der Waals surface area (Å²) in [5, 5.41) is 3.71. The number of nitrogens with one attached hydrogen (secondary N) is 1. The van der Waals surface area contributed by atoms with E-state index in [-0.39, 0.29) is 0 Å². The summed E-state index contributed by atoms with van der Waals surface area (Å²) < 4.78 is 2.09. The summed E-state index contributed by atoms with van der Waals surface area (Å²) in [6.45, 7) is 3.27. The highest BCUT2D eigenvalue weighted by molar-refractivity contribution is 5.39. The highest BCUT2D eigenvalue weighted by Gasteiger charge is 2.19. The van der Waals surface area contributed by atoms with E-state index in [0.717, 1.165) is 23.8 Å². The second kappa shape index (κ2) is 5.74. The Morgan fingerprint density at radius 3 is 3.05 bits per heavy atom. The van der Waals surface area contributed by atoms with Gasteiger partial charge < -0.3 is 9.72 Å². The van der Waals surface area contributed by atoms with Crippen molar-refractivity contribution in [3.8, 4) is 0 Å². The molecule has 0 radical (unpaired) electrons. The highest BCUT2D eigenvalue weighted by Crippen LogP contribution is 2.23. The van der Waals surface area contributed by atoms with Crippen LogP contribution in [0.4, 0.5) is 0 Å². The molecule has 0 spiro atoms. The minimum atomic E-state index is 0.660. The maximum absolute atomic E-state index is 4.65. The minimum Gasteiger partial charge on any atom is -0.308 e. The van der Waals surface area contributed by atoms with Gasteiger partial charge in [0, 0.05) is 25.0 Å². The van der Waals surface area contributed by atoms with E-state index in [1.165, 1.54) is 32.1 Å². The summed E-state index contributed by atoms with van der Waals surface area (Å²) in [5.41, 5.74) is 2.18. The van der Waals surface area contributed by atoms with Crippen LogP contribution in [0.15, 0.2) is 30.6 Å². The molecule has 0 amide bonds. The van der Waals surface area contributed by atoms with Crippen molar-refractivity contribution in [3.05, 3.63) is 36.3 Å². The topological polar surface area (TPSA) is 29.3 Å². The quantitative estimate of drug-likeness (QED) is 0.854. The molecule has 0 saturated heterocycles. The lowest BCUT2D eigenvalue weighted by Gasteiger charge is -2.22. The van der Waals surface area contributed by atoms with Crippen LogP contribution in [0.3, 0.4) is 0 Å². The van der Waals surface area contributed by atoms with Gasteiger partial charge in [-0.3, -0.25) is 0 Å². The Morgan fingerprint density at radius 1 is 1.26 bits per heavy atom. The lowest BCUT2D eigenvalue weighted by molar-refractivity contribution is 0.355. The largest absolute Gasteiger partial charge is 0.308 e. The van der Waals surface area contributed by atoms with Gasteiger partial charge in [0.15, 0.2) is 0 Å². The third-order valence-corrected chi connectivity index (χ3v) is 4.32. The van der Waals surface area contributed by atoms with Gasteiger partial charge in [0.05, 0.1) is 5.69 Å². The minimum absolute atomic E-state index is 0.660. The molecular weight excluding hydrogens is 234 g/mol. The van der Waals surface area contributed by atoms with Crippen LogP contribution in [0.25, 0.3) is 5.65 Å². The second-order valence-corrected chi connectivity index (χ2v) is 5.80. The van der Waals surface area contributed by atoms with E-state index in [4.69, 9.17) is 0 Å². The molecule has 3 rings (SSSR count). The number of nitrogens with zero attached hydrogens (tertiary/aromatic N) is 2. The Hall–Kier alpha value is -1.35. The molecule has 1 saturated carbocycles. The van der Waals surface area contributed by atoms with Crippen molar-refractivity contribution >= 4 is 5.65 Å². The lowest BCUT2D eigenvalue weighted by atomic mass is 9.97. The van der Waals surface area contributed by atoms with Crippen LogP contribution in [0.5, 0.6) is 0 Å². The fraction of sp³-hybridized carbons (Fsp3) is 0.562. The molecule has 3 heteroatoms. The van der Waals surface area contributed by atoms with Crippen LogP contribution in [-0.2, 0) is 6.54 Å². The van der Waals surface area contributed by atoms with Crippen molar-refractivity contribution in [2.75, 3.05) is 0 Å². The monoisotopic (exact) mass is 257 g/mol. The van der Waals surface area contributed by atoms with Gasteiger partial charge in [-0.1, -0.05) is 32.3 Å². The zero-order chi connectivity index (χ0) is 13.1. The van der Waals surface area contributed by atoms with Crippen molar-refractivity contribution in [2.45, 2.75) is 51.6 Å². The second-order valence-electron chi connectivity index (χ2n) is 5.80. The number of hydrogen-bond donors (Lipinski definition) is 1. The molecule has 2 aromatic rings. The SMILES string of the molecule is CC1CCCCCC1NCc1cn2ccccc2n1. The molecule has 1 N–H and O–H groups in total. The van der Waals surface area contributed by atoms with Crippen LogP contribution < -0.4 is 5.32 Å². The summed E-state index contributed by atoms with van der Waals surface area (Å²) in [7, 11) is 0. The van der Waals surface area contributed by atoms with E-state index >= 15 is 0 Å². The van der Waals surface area contributed by atoms with E-state index in [0.29, 0.717) is 6.04 Å². The molecule has 1 aliphatic rings. The molecule has 1 aliphatic carbocycles. The summed E-state index contributed by atoms with van der Waals surface area (Å²) >= 11 is 0. The summed E-state index contributed by atoms with van der Waals surface area (Å²) in [5.74, 6) is 0.791. The maximum Gasteiger partial charge on any atom is 0.137 e. The first kappa shape index (κ1) is 12.7. The van der Waals surface area contributed by atoms with Crippen molar-refractivity contribution in [3.63, 3.8) is 0 Å². The zero-order valence-electron chi connectivity index (χ0n) is 11.7. The van der Waals surface area contributed by atoms with Gasteiger partial charge in [-0.15, -0.1) is 0 Å². The van der Waals surface area contributed by atoms with Crippen LogP contribution >= 0.6 is 0 Å². The first-order valence-corrected chi connectivity index (χ1v) is 7.49. The molecule has 1 fully saturated rings. The highest BCUT2D eigenvalue weighted by atomic mass is 15.0. The Bertz CT molecular complexity index is 499. The maximum atomic E-state index is 4.65. The predicted molar refractivity (Wildman–Crippen MR) is 78.1 cm³/mol. The number of fused-ring (bicyclic) bond motifs is 1. The van der Waals surface area contributed by atoms with Gasteiger partial charge in [-0.2, -0.15) is 0 Å². The fourth-order valence-corrected chi connectivity index (χ4v) is 3.10. The van der Waals surface area contributed by atoms with Gasteiger partial charge in [-0.05, 0) is 30.9 Å². The third kappa shape index (κ3) is 2.98. The number of imidazole rings is 1.